The number of hydrogen-bond acceptors (Lipinski definition) is 2. The molecule has 0 aliphatic carbocycles. The van der Waals surface area contributed by atoms with Gasteiger partial charge in [-0.15, -0.1) is 0 Å². The second-order valence-corrected chi connectivity index (χ2v) is 5.06. The van der Waals surface area contributed by atoms with Crippen LogP contribution in [0.25, 0.3) is 0 Å². The lowest BCUT2D eigenvalue weighted by Gasteiger charge is -2.13. The Balaban J connectivity index is 2.32. The van der Waals surface area contributed by atoms with E-state index in [1.165, 1.54) is 4.90 Å². The van der Waals surface area contributed by atoms with Gasteiger partial charge in [-0.25, -0.2) is 4.90 Å². The Labute approximate surface area is 111 Å². The maximum Gasteiger partial charge on any atom is 0.261 e. The van der Waals surface area contributed by atoms with Crippen LogP contribution in [-0.2, 0) is 9.59 Å². The number of rotatable bonds is 2. The first-order valence-corrected chi connectivity index (χ1v) is 6.20. The molecular formula is C14H14ClNO2. The fourth-order valence-corrected chi connectivity index (χ4v) is 2.08. The summed E-state index contributed by atoms with van der Waals surface area (Å²) in [4.78, 5) is 25.2. The quantitative estimate of drug-likeness (QED) is 0.607. The van der Waals surface area contributed by atoms with Gasteiger partial charge in [0.15, 0.2) is 0 Å². The number of imide groups is 1. The molecule has 1 aliphatic heterocycles. The van der Waals surface area contributed by atoms with Crippen LogP contribution in [0.15, 0.2) is 35.9 Å². The van der Waals surface area contributed by atoms with E-state index in [0.717, 1.165) is 0 Å². The number of nitrogens with zero attached hydrogens (tertiary/aromatic N) is 1. The molecule has 2 amide bonds. The van der Waals surface area contributed by atoms with E-state index in [-0.39, 0.29) is 24.2 Å². The van der Waals surface area contributed by atoms with Gasteiger partial charge in [-0.1, -0.05) is 31.5 Å². The minimum Gasteiger partial charge on any atom is -0.274 e. The van der Waals surface area contributed by atoms with Crippen LogP contribution < -0.4 is 4.90 Å². The first kappa shape index (κ1) is 12.8. The first-order chi connectivity index (χ1) is 8.49. The molecule has 0 unspecified atom stereocenters. The van der Waals surface area contributed by atoms with E-state index < -0.39 is 0 Å². The second-order valence-electron chi connectivity index (χ2n) is 4.62. The van der Waals surface area contributed by atoms with Gasteiger partial charge in [0.1, 0.15) is 0 Å². The van der Waals surface area contributed by atoms with Crippen LogP contribution in [0.1, 0.15) is 20.3 Å². The predicted octanol–water partition coefficient (Wildman–Crippen LogP) is 3.19. The highest BCUT2D eigenvalue weighted by Gasteiger charge is 2.34. The molecule has 1 saturated heterocycles. The Kier molecular flexibility index (Phi) is 3.53. The fraction of sp³-hybridized carbons (Fsp3) is 0.286. The minimum absolute atomic E-state index is 0.180. The maximum atomic E-state index is 12.1. The maximum absolute atomic E-state index is 12.1. The van der Waals surface area contributed by atoms with Crippen molar-refractivity contribution in [1.82, 2.24) is 0 Å². The second kappa shape index (κ2) is 4.94. The molecule has 18 heavy (non-hydrogen) atoms. The summed E-state index contributed by atoms with van der Waals surface area (Å²) in [5, 5.41) is 0.579. The molecule has 1 aliphatic rings. The fourth-order valence-electron chi connectivity index (χ4n) is 1.96. The zero-order valence-corrected chi connectivity index (χ0v) is 11.1. The third-order valence-electron chi connectivity index (χ3n) is 2.69. The monoisotopic (exact) mass is 263 g/mol. The lowest BCUT2D eigenvalue weighted by atomic mass is 10.1. The largest absolute Gasteiger partial charge is 0.274 e. The lowest BCUT2D eigenvalue weighted by molar-refractivity contribution is -0.120. The summed E-state index contributed by atoms with van der Waals surface area (Å²) in [6, 6.07) is 6.69. The van der Waals surface area contributed by atoms with E-state index in [9.17, 15) is 9.59 Å². The van der Waals surface area contributed by atoms with Crippen molar-refractivity contribution in [2.75, 3.05) is 4.90 Å². The zero-order chi connectivity index (χ0) is 13.3. The zero-order valence-electron chi connectivity index (χ0n) is 10.3. The van der Waals surface area contributed by atoms with Gasteiger partial charge in [-0.2, -0.15) is 0 Å². The molecule has 0 N–H and O–H groups in total. The Morgan fingerprint density at radius 1 is 1.22 bits per heavy atom. The molecule has 0 spiro atoms. The number of benzene rings is 1. The van der Waals surface area contributed by atoms with Crippen molar-refractivity contribution in [2.45, 2.75) is 20.3 Å². The summed E-state index contributed by atoms with van der Waals surface area (Å²) < 4.78 is 0. The molecule has 4 heteroatoms. The van der Waals surface area contributed by atoms with Crippen LogP contribution in [0.3, 0.4) is 0 Å². The van der Waals surface area contributed by atoms with E-state index >= 15 is 0 Å². The van der Waals surface area contributed by atoms with Crippen molar-refractivity contribution in [3.05, 3.63) is 40.9 Å². The van der Waals surface area contributed by atoms with Gasteiger partial charge in [0.25, 0.3) is 5.91 Å². The molecule has 1 aromatic carbocycles. The van der Waals surface area contributed by atoms with Crippen molar-refractivity contribution in [1.29, 1.82) is 0 Å². The number of carbonyl (C=O) groups excluding carboxylic acids is 2. The summed E-state index contributed by atoms with van der Waals surface area (Å²) in [7, 11) is 0. The molecular weight excluding hydrogens is 250 g/mol. The lowest BCUT2D eigenvalue weighted by Crippen LogP contribution is -2.28. The van der Waals surface area contributed by atoms with Crippen LogP contribution >= 0.6 is 11.6 Å². The summed E-state index contributed by atoms with van der Waals surface area (Å²) in [6.07, 6.45) is 2.02. The van der Waals surface area contributed by atoms with E-state index in [1.807, 2.05) is 19.9 Å². The molecule has 1 heterocycles. The number of carbonyl (C=O) groups is 2. The SMILES string of the molecule is CC(C)/C=C1\CC(=O)N(c2ccc(Cl)cc2)C1=O. The van der Waals surface area contributed by atoms with Gasteiger partial charge in [-0.05, 0) is 30.2 Å². The van der Waals surface area contributed by atoms with Crippen molar-refractivity contribution in [2.24, 2.45) is 5.92 Å². The van der Waals surface area contributed by atoms with Crippen LogP contribution in [0.4, 0.5) is 5.69 Å². The van der Waals surface area contributed by atoms with Gasteiger partial charge in [-0.3, -0.25) is 9.59 Å². The highest BCUT2D eigenvalue weighted by molar-refractivity contribution is 6.31. The number of hydrogen-bond donors (Lipinski definition) is 0. The highest BCUT2D eigenvalue weighted by atomic mass is 35.5. The standard InChI is InChI=1S/C14H14ClNO2/c1-9(2)7-10-8-13(17)16(14(10)18)12-5-3-11(15)4-6-12/h3-7,9H,8H2,1-2H3/b10-7+. The van der Waals surface area contributed by atoms with Gasteiger partial charge in [0.2, 0.25) is 5.91 Å². The number of halogens is 1. The predicted molar refractivity (Wildman–Crippen MR) is 71.5 cm³/mol. The summed E-state index contributed by atoms with van der Waals surface area (Å²) in [5.41, 5.74) is 1.14. The van der Waals surface area contributed by atoms with E-state index in [0.29, 0.717) is 16.3 Å². The van der Waals surface area contributed by atoms with Crippen LogP contribution in [0, 0.1) is 5.92 Å². The van der Waals surface area contributed by atoms with Gasteiger partial charge in [0, 0.05) is 10.6 Å². The number of allylic oxidation sites excluding steroid dienone is 1. The van der Waals surface area contributed by atoms with Crippen molar-refractivity contribution in [3.8, 4) is 0 Å². The third kappa shape index (κ3) is 2.46. The van der Waals surface area contributed by atoms with Crippen LogP contribution in [0.5, 0.6) is 0 Å². The van der Waals surface area contributed by atoms with E-state index in [2.05, 4.69) is 0 Å². The topological polar surface area (TPSA) is 37.4 Å². The molecule has 0 saturated carbocycles. The van der Waals surface area contributed by atoms with Crippen molar-refractivity contribution in [3.63, 3.8) is 0 Å². The van der Waals surface area contributed by atoms with E-state index in [4.69, 9.17) is 11.6 Å². The summed E-state index contributed by atoms with van der Waals surface area (Å²) in [6.45, 7) is 3.96. The summed E-state index contributed by atoms with van der Waals surface area (Å²) >= 11 is 5.79. The van der Waals surface area contributed by atoms with Crippen LogP contribution in [-0.4, -0.2) is 11.8 Å². The van der Waals surface area contributed by atoms with E-state index in [1.54, 1.807) is 24.3 Å². The van der Waals surface area contributed by atoms with Gasteiger partial charge >= 0.3 is 0 Å². The molecule has 0 radical (unpaired) electrons. The number of anilines is 1. The Morgan fingerprint density at radius 2 is 1.83 bits per heavy atom. The molecule has 94 valence electrons. The van der Waals surface area contributed by atoms with Crippen LogP contribution in [0.2, 0.25) is 5.02 Å². The third-order valence-corrected chi connectivity index (χ3v) is 2.94. The van der Waals surface area contributed by atoms with Gasteiger partial charge < -0.3 is 0 Å². The molecule has 0 aromatic heterocycles. The molecule has 1 aromatic rings. The molecule has 0 atom stereocenters. The highest BCUT2D eigenvalue weighted by Crippen LogP contribution is 2.27. The first-order valence-electron chi connectivity index (χ1n) is 5.82. The Hall–Kier alpha value is -1.61. The van der Waals surface area contributed by atoms with Crippen molar-refractivity contribution >= 4 is 29.1 Å². The molecule has 2 rings (SSSR count). The molecule has 0 bridgehead atoms. The average molecular weight is 264 g/mol. The number of amides is 2. The average Bonchev–Trinajstić information content (AvgIpc) is 2.55. The molecule has 1 fully saturated rings. The van der Waals surface area contributed by atoms with Crippen molar-refractivity contribution < 1.29 is 9.59 Å². The Morgan fingerprint density at radius 3 is 2.39 bits per heavy atom. The Bertz CT molecular complexity index is 517. The smallest absolute Gasteiger partial charge is 0.261 e. The van der Waals surface area contributed by atoms with Gasteiger partial charge in [0.05, 0.1) is 12.1 Å². The minimum atomic E-state index is -0.226. The summed E-state index contributed by atoms with van der Waals surface area (Å²) in [5.74, 6) is -0.160. The molecule has 3 nitrogen and oxygen atoms in total. The normalized spacial score (nSPS) is 18.2.